The van der Waals surface area contributed by atoms with E-state index in [1.807, 2.05) is 6.07 Å². The average molecular weight is 462 g/mol. The van der Waals surface area contributed by atoms with Gasteiger partial charge in [0.05, 0.1) is 31.1 Å². The molecule has 0 bridgehead atoms. The van der Waals surface area contributed by atoms with Crippen molar-refractivity contribution in [3.63, 3.8) is 0 Å². The number of rotatable bonds is 4. The van der Waals surface area contributed by atoms with Crippen molar-refractivity contribution >= 4 is 22.5 Å². The topological polar surface area (TPSA) is 79.8 Å². The van der Waals surface area contributed by atoms with Gasteiger partial charge in [-0.3, -0.25) is 9.69 Å². The molecule has 2 aliphatic heterocycles. The maximum atomic E-state index is 11.8. The molecule has 2 aromatic heterocycles. The van der Waals surface area contributed by atoms with Crippen molar-refractivity contribution in [3.05, 3.63) is 53.3 Å². The van der Waals surface area contributed by atoms with E-state index in [0.29, 0.717) is 24.2 Å². The summed E-state index contributed by atoms with van der Waals surface area (Å²) in [5.74, 6) is 1.48. The van der Waals surface area contributed by atoms with Crippen molar-refractivity contribution < 1.29 is 14.3 Å². The Bertz CT molecular complexity index is 1200. The number of methoxy groups -OCH3 is 1. The first-order valence-electron chi connectivity index (χ1n) is 11.9. The van der Waals surface area contributed by atoms with E-state index in [1.54, 1.807) is 26.4 Å². The first-order valence-corrected chi connectivity index (χ1v) is 11.9. The predicted molar refractivity (Wildman–Crippen MR) is 132 cm³/mol. The lowest BCUT2D eigenvalue weighted by molar-refractivity contribution is 0.0958. The number of ether oxygens (including phenoxy) is 2. The van der Waals surface area contributed by atoms with E-state index in [0.717, 1.165) is 66.9 Å². The van der Waals surface area contributed by atoms with Crippen LogP contribution in [0.1, 0.15) is 35.0 Å². The summed E-state index contributed by atoms with van der Waals surface area (Å²) in [4.78, 5) is 25.8. The van der Waals surface area contributed by atoms with Crippen molar-refractivity contribution in [3.8, 4) is 11.6 Å². The Hall–Kier alpha value is -3.39. The fourth-order valence-electron chi connectivity index (χ4n) is 4.93. The highest BCUT2D eigenvalue weighted by atomic mass is 16.5. The number of fused-ring (bicyclic) bond motifs is 3. The van der Waals surface area contributed by atoms with Crippen LogP contribution in [0.3, 0.4) is 0 Å². The van der Waals surface area contributed by atoms with Crippen LogP contribution in [-0.4, -0.2) is 67.2 Å². The molecule has 0 unspecified atom stereocenters. The Morgan fingerprint density at radius 1 is 1.26 bits per heavy atom. The third-order valence-electron chi connectivity index (χ3n) is 6.87. The van der Waals surface area contributed by atoms with E-state index in [1.165, 1.54) is 5.56 Å². The zero-order chi connectivity index (χ0) is 23.7. The van der Waals surface area contributed by atoms with Gasteiger partial charge < -0.3 is 19.7 Å². The van der Waals surface area contributed by atoms with Gasteiger partial charge in [0.15, 0.2) is 0 Å². The van der Waals surface area contributed by atoms with Crippen LogP contribution in [0.4, 0.5) is 5.69 Å². The van der Waals surface area contributed by atoms with Crippen molar-refractivity contribution in [1.82, 2.24) is 20.2 Å². The fraction of sp³-hybridized carbons (Fsp3) is 0.423. The lowest BCUT2D eigenvalue weighted by Gasteiger charge is -2.43. The van der Waals surface area contributed by atoms with Crippen molar-refractivity contribution in [2.45, 2.75) is 32.4 Å². The second-order valence-electron chi connectivity index (χ2n) is 8.85. The Morgan fingerprint density at radius 3 is 2.88 bits per heavy atom. The third-order valence-corrected chi connectivity index (χ3v) is 6.87. The number of benzene rings is 1. The molecule has 0 aliphatic carbocycles. The number of nitrogens with zero attached hydrogens (tertiary/aromatic N) is 4. The lowest BCUT2D eigenvalue weighted by atomic mass is 10.0. The van der Waals surface area contributed by atoms with Gasteiger partial charge in [0.25, 0.3) is 5.91 Å². The van der Waals surface area contributed by atoms with E-state index in [9.17, 15) is 4.79 Å². The van der Waals surface area contributed by atoms with Crippen molar-refractivity contribution in [1.29, 1.82) is 0 Å². The zero-order valence-corrected chi connectivity index (χ0v) is 20.0. The molecule has 1 aromatic carbocycles. The first kappa shape index (κ1) is 22.4. The molecule has 178 valence electrons. The van der Waals surface area contributed by atoms with Crippen molar-refractivity contribution in [2.24, 2.45) is 0 Å². The number of hydrogen-bond acceptors (Lipinski definition) is 7. The molecule has 0 spiro atoms. The summed E-state index contributed by atoms with van der Waals surface area (Å²) in [5.41, 5.74) is 4.69. The molecule has 1 fully saturated rings. The molecule has 3 aromatic rings. The van der Waals surface area contributed by atoms with Gasteiger partial charge in [0.2, 0.25) is 5.88 Å². The van der Waals surface area contributed by atoms with E-state index in [2.05, 4.69) is 45.2 Å². The Labute approximate surface area is 199 Å². The summed E-state index contributed by atoms with van der Waals surface area (Å²) < 4.78 is 11.8. The number of carbonyl (C=O) groups excluding carboxylic acids is 1. The van der Waals surface area contributed by atoms with Crippen LogP contribution in [0.15, 0.2) is 36.5 Å². The fourth-order valence-corrected chi connectivity index (χ4v) is 4.93. The number of piperazine rings is 1. The van der Waals surface area contributed by atoms with E-state index in [-0.39, 0.29) is 5.91 Å². The van der Waals surface area contributed by atoms with Gasteiger partial charge in [0, 0.05) is 55.8 Å². The Morgan fingerprint density at radius 2 is 2.15 bits per heavy atom. The van der Waals surface area contributed by atoms with E-state index in [4.69, 9.17) is 14.5 Å². The molecule has 8 nitrogen and oxygen atoms in total. The van der Waals surface area contributed by atoms with Gasteiger partial charge in [-0.15, -0.1) is 0 Å². The summed E-state index contributed by atoms with van der Waals surface area (Å²) in [6.07, 6.45) is 3.63. The quantitative estimate of drug-likeness (QED) is 0.640. The lowest BCUT2D eigenvalue weighted by Crippen LogP contribution is -2.53. The molecule has 0 saturated carbocycles. The first-order chi connectivity index (χ1) is 16.6. The number of hydrogen-bond donors (Lipinski definition) is 1. The van der Waals surface area contributed by atoms with E-state index >= 15 is 0 Å². The molecular weight excluding hydrogens is 430 g/mol. The van der Waals surface area contributed by atoms with Crippen LogP contribution in [0.5, 0.6) is 11.6 Å². The number of anilines is 1. The van der Waals surface area contributed by atoms with Gasteiger partial charge in [-0.05, 0) is 43.2 Å². The summed E-state index contributed by atoms with van der Waals surface area (Å²) in [5, 5.41) is 3.70. The highest BCUT2D eigenvalue weighted by molar-refractivity contribution is 5.92. The summed E-state index contributed by atoms with van der Waals surface area (Å²) in [6.45, 7) is 6.38. The van der Waals surface area contributed by atoms with E-state index < -0.39 is 0 Å². The normalized spacial score (nSPS) is 18.3. The standard InChI is InChI=1S/C26H31N5O3/c1-4-17-11-18-13-24-19(12-23(18)29-26(17)33-3)15-30-8-9-31(16-21(30)7-10-34-24)20-5-6-22(28-14-20)25(32)27-2/h5-6,11-14,21H,4,7-10,15-16H2,1-3H3,(H,27,32)/t21-/m1/s1. The number of pyridine rings is 2. The molecule has 5 rings (SSSR count). The number of nitrogens with one attached hydrogen (secondary N) is 1. The largest absolute Gasteiger partial charge is 0.493 e. The highest BCUT2D eigenvalue weighted by Gasteiger charge is 2.30. The number of aromatic nitrogens is 2. The van der Waals surface area contributed by atoms with Gasteiger partial charge in [-0.25, -0.2) is 9.97 Å². The van der Waals surface area contributed by atoms with Crippen LogP contribution in [0, 0.1) is 0 Å². The van der Waals surface area contributed by atoms with Gasteiger partial charge in [-0.1, -0.05) is 6.92 Å². The van der Waals surface area contributed by atoms with Gasteiger partial charge >= 0.3 is 0 Å². The molecule has 8 heteroatoms. The van der Waals surface area contributed by atoms with Crippen molar-refractivity contribution in [2.75, 3.05) is 45.3 Å². The summed E-state index contributed by atoms with van der Waals surface area (Å²) >= 11 is 0. The van der Waals surface area contributed by atoms with Crippen LogP contribution in [-0.2, 0) is 13.0 Å². The maximum Gasteiger partial charge on any atom is 0.269 e. The number of aryl methyl sites for hydroxylation is 1. The molecule has 1 N–H and O–H groups in total. The second-order valence-corrected chi connectivity index (χ2v) is 8.85. The van der Waals surface area contributed by atoms with Crippen LogP contribution in [0.25, 0.3) is 10.9 Å². The maximum absolute atomic E-state index is 11.8. The smallest absolute Gasteiger partial charge is 0.269 e. The molecule has 4 heterocycles. The number of carbonyl (C=O) groups is 1. The minimum atomic E-state index is -0.169. The molecule has 2 aliphatic rings. The summed E-state index contributed by atoms with van der Waals surface area (Å²) in [7, 11) is 3.29. The van der Waals surface area contributed by atoms with Gasteiger partial charge in [-0.2, -0.15) is 0 Å². The molecule has 1 amide bonds. The monoisotopic (exact) mass is 461 g/mol. The average Bonchev–Trinajstić information content (AvgIpc) is 2.87. The second kappa shape index (κ2) is 9.46. The molecule has 1 atom stereocenters. The molecule has 34 heavy (non-hydrogen) atoms. The number of amides is 1. The van der Waals surface area contributed by atoms with Crippen LogP contribution >= 0.6 is 0 Å². The minimum Gasteiger partial charge on any atom is -0.493 e. The molecule has 0 radical (unpaired) electrons. The Balaban J connectivity index is 1.36. The van der Waals surface area contributed by atoms with Gasteiger partial charge in [0.1, 0.15) is 11.4 Å². The third kappa shape index (κ3) is 4.25. The van der Waals surface area contributed by atoms with Crippen LogP contribution in [0.2, 0.25) is 0 Å². The highest BCUT2D eigenvalue weighted by Crippen LogP contribution is 2.33. The Kier molecular flexibility index (Phi) is 6.24. The minimum absolute atomic E-state index is 0.169. The predicted octanol–water partition coefficient (Wildman–Crippen LogP) is 3.03. The zero-order valence-electron chi connectivity index (χ0n) is 20.0. The van der Waals surface area contributed by atoms with Crippen LogP contribution < -0.4 is 19.7 Å². The SMILES string of the molecule is CCc1cc2cc3c(cc2nc1OC)CN1CCN(c2ccc(C(=O)NC)nc2)C[C@H]1CCO3. The molecule has 1 saturated heterocycles. The molecular formula is C26H31N5O3. The summed E-state index contributed by atoms with van der Waals surface area (Å²) in [6, 6.07) is 10.6.